The quantitative estimate of drug-likeness (QED) is 0.887. The number of aromatic nitrogens is 1. The fourth-order valence-corrected chi connectivity index (χ4v) is 3.31. The van der Waals surface area contributed by atoms with Crippen LogP contribution >= 0.6 is 11.8 Å². The molecule has 0 saturated carbocycles. The fourth-order valence-electron chi connectivity index (χ4n) is 2.03. The fraction of sp³-hybridized carbons (Fsp3) is 0.571. The van der Waals surface area contributed by atoms with Crippen molar-refractivity contribution < 1.29 is 0 Å². The Hall–Kier alpha value is -1.03. The summed E-state index contributed by atoms with van der Waals surface area (Å²) in [6.45, 7) is 6.47. The molecule has 3 nitrogen and oxygen atoms in total. The van der Waals surface area contributed by atoms with Crippen LogP contribution in [0, 0.1) is 5.92 Å². The minimum atomic E-state index is 0.674. The molecule has 0 fully saturated rings. The van der Waals surface area contributed by atoms with Gasteiger partial charge in [0, 0.05) is 24.2 Å². The summed E-state index contributed by atoms with van der Waals surface area (Å²) in [6, 6.07) is 4.12. The molecular weight excluding hydrogens is 242 g/mol. The lowest BCUT2D eigenvalue weighted by molar-refractivity contribution is 0.575. The van der Waals surface area contributed by atoms with Gasteiger partial charge in [0.05, 0.1) is 6.54 Å². The number of rotatable bonds is 5. The molecule has 1 N–H and O–H groups in total. The minimum Gasteiger partial charge on any atom is -0.365 e. The summed E-state index contributed by atoms with van der Waals surface area (Å²) in [7, 11) is 0. The zero-order chi connectivity index (χ0) is 12.8. The highest BCUT2D eigenvalue weighted by molar-refractivity contribution is 8.14. The molecule has 0 spiro atoms. The van der Waals surface area contributed by atoms with E-state index in [1.807, 2.05) is 24.2 Å². The summed E-state index contributed by atoms with van der Waals surface area (Å²) in [4.78, 5) is 8.58. The Kier molecular flexibility index (Phi) is 5.05. The second kappa shape index (κ2) is 6.78. The van der Waals surface area contributed by atoms with Gasteiger partial charge in [-0.3, -0.25) is 9.98 Å². The van der Waals surface area contributed by atoms with Crippen LogP contribution in [-0.2, 0) is 6.42 Å². The lowest BCUT2D eigenvalue weighted by atomic mass is 10.1. The SMILES string of the molecule is CC(C)CC1CN=C(NCCc2ccncc2)S1. The van der Waals surface area contributed by atoms with E-state index < -0.39 is 0 Å². The van der Waals surface area contributed by atoms with Crippen LogP contribution in [0.1, 0.15) is 25.8 Å². The molecule has 1 atom stereocenters. The third-order valence-electron chi connectivity index (χ3n) is 2.89. The Morgan fingerprint density at radius 1 is 1.39 bits per heavy atom. The highest BCUT2D eigenvalue weighted by Crippen LogP contribution is 2.25. The lowest BCUT2D eigenvalue weighted by Crippen LogP contribution is -2.22. The molecule has 2 heterocycles. The molecule has 1 aromatic rings. The summed E-state index contributed by atoms with van der Waals surface area (Å²) >= 11 is 1.90. The first kappa shape index (κ1) is 13.4. The summed E-state index contributed by atoms with van der Waals surface area (Å²) in [5, 5.41) is 5.22. The molecule has 18 heavy (non-hydrogen) atoms. The summed E-state index contributed by atoms with van der Waals surface area (Å²) in [5.74, 6) is 0.758. The van der Waals surface area contributed by atoms with Crippen LogP contribution in [0.25, 0.3) is 0 Å². The Morgan fingerprint density at radius 3 is 2.89 bits per heavy atom. The molecule has 0 aromatic carbocycles. The zero-order valence-electron chi connectivity index (χ0n) is 11.1. The van der Waals surface area contributed by atoms with E-state index in [1.165, 1.54) is 12.0 Å². The molecule has 1 aliphatic rings. The van der Waals surface area contributed by atoms with Gasteiger partial charge in [0.1, 0.15) is 0 Å². The van der Waals surface area contributed by atoms with Crippen LogP contribution in [0.5, 0.6) is 0 Å². The average molecular weight is 263 g/mol. The first-order valence-corrected chi connectivity index (χ1v) is 7.46. The lowest BCUT2D eigenvalue weighted by Gasteiger charge is -2.11. The number of hydrogen-bond acceptors (Lipinski definition) is 4. The van der Waals surface area contributed by atoms with Crippen molar-refractivity contribution in [1.29, 1.82) is 0 Å². The summed E-state index contributed by atoms with van der Waals surface area (Å²) in [6.07, 6.45) is 5.96. The average Bonchev–Trinajstić information content (AvgIpc) is 2.77. The highest BCUT2D eigenvalue weighted by Gasteiger charge is 2.19. The maximum absolute atomic E-state index is 4.56. The van der Waals surface area contributed by atoms with Gasteiger partial charge in [-0.15, -0.1) is 0 Å². The van der Waals surface area contributed by atoms with Crippen molar-refractivity contribution in [2.24, 2.45) is 10.9 Å². The molecule has 0 aliphatic carbocycles. The van der Waals surface area contributed by atoms with Gasteiger partial charge >= 0.3 is 0 Å². The first-order chi connectivity index (χ1) is 8.74. The van der Waals surface area contributed by atoms with E-state index in [2.05, 4.69) is 41.3 Å². The van der Waals surface area contributed by atoms with E-state index in [0.717, 1.165) is 30.6 Å². The monoisotopic (exact) mass is 263 g/mol. The Morgan fingerprint density at radius 2 is 2.17 bits per heavy atom. The number of aliphatic imine (C=N–C) groups is 1. The molecule has 0 bridgehead atoms. The van der Waals surface area contributed by atoms with Gasteiger partial charge < -0.3 is 5.32 Å². The molecular formula is C14H21N3S. The molecule has 1 aliphatic heterocycles. The van der Waals surface area contributed by atoms with Crippen molar-refractivity contribution in [3.63, 3.8) is 0 Å². The first-order valence-electron chi connectivity index (χ1n) is 6.58. The maximum atomic E-state index is 4.56. The molecule has 0 amide bonds. The smallest absolute Gasteiger partial charge is 0.156 e. The van der Waals surface area contributed by atoms with E-state index in [1.54, 1.807) is 0 Å². The van der Waals surface area contributed by atoms with E-state index in [0.29, 0.717) is 5.25 Å². The van der Waals surface area contributed by atoms with Crippen LogP contribution in [0.4, 0.5) is 0 Å². The number of nitrogens with one attached hydrogen (secondary N) is 1. The predicted octanol–water partition coefficient (Wildman–Crippen LogP) is 2.73. The van der Waals surface area contributed by atoms with Gasteiger partial charge in [0.25, 0.3) is 0 Å². The second-order valence-electron chi connectivity index (χ2n) is 5.05. The topological polar surface area (TPSA) is 37.3 Å². The number of thioether (sulfide) groups is 1. The molecule has 1 aromatic heterocycles. The van der Waals surface area contributed by atoms with E-state index in [9.17, 15) is 0 Å². The predicted molar refractivity (Wildman–Crippen MR) is 79.1 cm³/mol. The van der Waals surface area contributed by atoms with Crippen molar-refractivity contribution in [2.75, 3.05) is 13.1 Å². The minimum absolute atomic E-state index is 0.674. The van der Waals surface area contributed by atoms with E-state index >= 15 is 0 Å². The van der Waals surface area contributed by atoms with Crippen molar-refractivity contribution in [3.05, 3.63) is 30.1 Å². The van der Waals surface area contributed by atoms with Gasteiger partial charge in [0.15, 0.2) is 5.17 Å². The van der Waals surface area contributed by atoms with Crippen molar-refractivity contribution in [1.82, 2.24) is 10.3 Å². The number of hydrogen-bond donors (Lipinski definition) is 1. The standard InChI is InChI=1S/C14H21N3S/c1-11(2)9-13-10-17-14(18-13)16-8-5-12-3-6-15-7-4-12/h3-4,6-7,11,13H,5,8-10H2,1-2H3,(H,16,17). The van der Waals surface area contributed by atoms with Crippen LogP contribution in [0.3, 0.4) is 0 Å². The van der Waals surface area contributed by atoms with E-state index in [-0.39, 0.29) is 0 Å². The highest BCUT2D eigenvalue weighted by atomic mass is 32.2. The van der Waals surface area contributed by atoms with Crippen molar-refractivity contribution >= 4 is 16.9 Å². The maximum Gasteiger partial charge on any atom is 0.156 e. The van der Waals surface area contributed by atoms with E-state index in [4.69, 9.17) is 0 Å². The van der Waals surface area contributed by atoms with Gasteiger partial charge in [-0.1, -0.05) is 25.6 Å². The van der Waals surface area contributed by atoms with Crippen LogP contribution in [0.15, 0.2) is 29.5 Å². The van der Waals surface area contributed by atoms with Gasteiger partial charge in [-0.25, -0.2) is 0 Å². The Balaban J connectivity index is 1.66. The Bertz CT molecular complexity index is 389. The van der Waals surface area contributed by atoms with Crippen LogP contribution < -0.4 is 5.32 Å². The van der Waals surface area contributed by atoms with Gasteiger partial charge in [-0.05, 0) is 36.5 Å². The Labute approximate surface area is 113 Å². The molecule has 1 unspecified atom stereocenters. The third-order valence-corrected chi connectivity index (χ3v) is 4.06. The van der Waals surface area contributed by atoms with Crippen LogP contribution in [-0.4, -0.2) is 28.5 Å². The molecule has 0 saturated heterocycles. The number of amidine groups is 1. The zero-order valence-corrected chi connectivity index (χ0v) is 11.9. The van der Waals surface area contributed by atoms with Crippen molar-refractivity contribution in [3.8, 4) is 0 Å². The van der Waals surface area contributed by atoms with Gasteiger partial charge in [0.2, 0.25) is 0 Å². The third kappa shape index (κ3) is 4.33. The van der Waals surface area contributed by atoms with Crippen molar-refractivity contribution in [2.45, 2.75) is 31.9 Å². The van der Waals surface area contributed by atoms with Crippen LogP contribution in [0.2, 0.25) is 0 Å². The largest absolute Gasteiger partial charge is 0.365 e. The van der Waals surface area contributed by atoms with Gasteiger partial charge in [-0.2, -0.15) is 0 Å². The molecule has 0 radical (unpaired) electrons. The summed E-state index contributed by atoms with van der Waals surface area (Å²) < 4.78 is 0. The number of pyridine rings is 1. The summed E-state index contributed by atoms with van der Waals surface area (Å²) in [5.41, 5.74) is 1.32. The molecule has 98 valence electrons. The molecule has 4 heteroatoms. The normalized spacial score (nSPS) is 19.1. The molecule has 2 rings (SSSR count). The number of nitrogens with zero attached hydrogens (tertiary/aromatic N) is 2. The second-order valence-corrected chi connectivity index (χ2v) is 6.34.